The van der Waals surface area contributed by atoms with Crippen molar-refractivity contribution in [3.05, 3.63) is 0 Å². The molecule has 10 aliphatic heterocycles. The van der Waals surface area contributed by atoms with Crippen molar-refractivity contribution < 1.29 is 6.51 Å². The van der Waals surface area contributed by atoms with Gasteiger partial charge in [-0.05, 0) is 0 Å². The predicted molar refractivity (Wildman–Crippen MR) is 69.7 cm³/mol. The van der Waals surface area contributed by atoms with Gasteiger partial charge >= 0.3 is 99.6 Å². The summed E-state index contributed by atoms with van der Waals surface area (Å²) in [4.78, 5) is 12.0. The summed E-state index contributed by atoms with van der Waals surface area (Å²) in [6, 6.07) is 0. The van der Waals surface area contributed by atoms with E-state index in [9.17, 15) is 0 Å². The molecule has 10 heterocycles. The zero-order valence-electron chi connectivity index (χ0n) is 11.9. The van der Waals surface area contributed by atoms with Crippen LogP contribution in [-0.2, 0) is 6.51 Å². The van der Waals surface area contributed by atoms with Crippen LogP contribution in [0.3, 0.4) is 0 Å². The molecule has 1 spiro atoms. The molecule has 100 valence electrons. The third kappa shape index (κ3) is 0.0688. The van der Waals surface area contributed by atoms with Gasteiger partial charge in [-0.3, -0.25) is 0 Å². The second kappa shape index (κ2) is 0.597. The SMILES string of the molecule is CCC[C]12[CH]3[CH]4[CH]5[C]1(C(C)(C)C)[Fe]43521678[CH]2[CH]1[CH]6[CH]7[CH]28. The molecular formula is C17H24Fe. The van der Waals surface area contributed by atoms with Gasteiger partial charge in [-0.1, -0.05) is 0 Å². The van der Waals surface area contributed by atoms with Gasteiger partial charge in [0.05, 0.1) is 0 Å². The van der Waals surface area contributed by atoms with Gasteiger partial charge in [0.15, 0.2) is 0 Å². The number of fused-ring (bicyclic) bond motifs is 10. The third-order valence-corrected chi connectivity index (χ3v) is 60.9. The van der Waals surface area contributed by atoms with E-state index in [4.69, 9.17) is 0 Å². The molecule has 10 rings (SSSR count). The first-order valence-electron chi connectivity index (χ1n) is 8.46. The predicted octanol–water partition coefficient (Wildman–Crippen LogP) is 5.96. The second-order valence-electron chi connectivity index (χ2n) is 12.9. The molecular weight excluding hydrogens is 260 g/mol. The van der Waals surface area contributed by atoms with Crippen molar-refractivity contribution >= 4 is 0 Å². The van der Waals surface area contributed by atoms with E-state index in [1.54, 1.807) is 6.42 Å². The molecule has 0 aliphatic carbocycles. The first-order chi connectivity index (χ1) is 8.25. The summed E-state index contributed by atoms with van der Waals surface area (Å²) in [5.41, 5.74) is 0.701. The molecule has 0 bridgehead atoms. The van der Waals surface area contributed by atoms with E-state index in [-0.39, 0.29) is 0 Å². The van der Waals surface area contributed by atoms with Gasteiger partial charge in [-0.2, -0.15) is 0 Å². The molecule has 1 heteroatoms. The minimum atomic E-state index is -2.94. The summed E-state index contributed by atoms with van der Waals surface area (Å²) < 4.78 is 2.20. The molecule has 0 nitrogen and oxygen atoms in total. The fraction of sp³-hybridized carbons (Fsp3) is 1.00. The maximum atomic E-state index is 2.69. The molecule has 0 aromatic rings. The van der Waals surface area contributed by atoms with Crippen LogP contribution in [0.4, 0.5) is 0 Å². The first kappa shape index (κ1) is 7.51. The van der Waals surface area contributed by atoms with Crippen LogP contribution in [0.5, 0.6) is 0 Å². The molecule has 5 atom stereocenters. The Hall–Kier alpha value is 0.519. The molecule has 10 aliphatic rings. The van der Waals surface area contributed by atoms with E-state index in [1.807, 2.05) is 0 Å². The van der Waals surface area contributed by atoms with Gasteiger partial charge in [0.2, 0.25) is 0 Å². The van der Waals surface area contributed by atoms with Gasteiger partial charge in [-0.15, -0.1) is 0 Å². The number of rotatable bonds is 2. The molecule has 0 radical (unpaired) electrons. The van der Waals surface area contributed by atoms with Crippen molar-refractivity contribution in [2.75, 3.05) is 0 Å². The molecule has 18 heavy (non-hydrogen) atoms. The van der Waals surface area contributed by atoms with E-state index in [1.165, 1.54) is 45.0 Å². The van der Waals surface area contributed by atoms with Crippen molar-refractivity contribution in [1.29, 1.82) is 0 Å². The fourth-order valence-electron chi connectivity index (χ4n) is 20.4. The Morgan fingerprint density at radius 2 is 1.44 bits per heavy atom. The monoisotopic (exact) mass is 284 g/mol. The Bertz CT molecular complexity index is 983. The van der Waals surface area contributed by atoms with Crippen molar-refractivity contribution in [3.8, 4) is 0 Å². The van der Waals surface area contributed by atoms with Crippen LogP contribution >= 0.6 is 0 Å². The van der Waals surface area contributed by atoms with E-state index in [0.717, 1.165) is 8.63 Å². The van der Waals surface area contributed by atoms with E-state index in [2.05, 4.69) is 27.7 Å². The molecule has 0 aromatic heterocycles. The van der Waals surface area contributed by atoms with E-state index in [0.29, 0.717) is 5.41 Å². The van der Waals surface area contributed by atoms with Crippen molar-refractivity contribution in [1.82, 2.24) is 0 Å². The Morgan fingerprint density at radius 3 is 1.72 bits per heavy atom. The summed E-state index contributed by atoms with van der Waals surface area (Å²) in [6.45, 7) is 7.62. The zero-order valence-corrected chi connectivity index (χ0v) is 13.0. The van der Waals surface area contributed by atoms with Gasteiger partial charge in [0.1, 0.15) is 0 Å². The summed E-state index contributed by atoms with van der Waals surface area (Å²) in [7, 11) is 0. The third-order valence-electron chi connectivity index (χ3n) is 16.9. The topological polar surface area (TPSA) is 0 Å². The quantitative estimate of drug-likeness (QED) is 0.548. The second-order valence-corrected chi connectivity index (χ2v) is 36.2. The minimum absolute atomic E-state index is 0.701. The van der Waals surface area contributed by atoms with Crippen LogP contribution in [0, 0.1) is 5.41 Å². The zero-order chi connectivity index (χ0) is 11.8. The van der Waals surface area contributed by atoms with Gasteiger partial charge in [0.25, 0.3) is 0 Å². The van der Waals surface area contributed by atoms with Gasteiger partial charge < -0.3 is 0 Å². The van der Waals surface area contributed by atoms with E-state index >= 15 is 0 Å². The van der Waals surface area contributed by atoms with Crippen molar-refractivity contribution in [3.63, 3.8) is 0 Å². The Balaban J connectivity index is 1.66. The fourth-order valence-corrected chi connectivity index (χ4v) is 101. The maximum absolute atomic E-state index is 2.94. The van der Waals surface area contributed by atoms with E-state index < -0.39 is 6.51 Å². The average Bonchev–Trinajstić information content (AvgIpc) is 3.23. The molecule has 10 saturated heterocycles. The van der Waals surface area contributed by atoms with Crippen LogP contribution < -0.4 is 0 Å². The summed E-state index contributed by atoms with van der Waals surface area (Å²) in [6.07, 6.45) is 3.23. The van der Waals surface area contributed by atoms with Crippen LogP contribution in [0.1, 0.15) is 40.5 Å². The molecule has 0 N–H and O–H groups in total. The average molecular weight is 284 g/mol. The van der Waals surface area contributed by atoms with Crippen molar-refractivity contribution in [2.45, 2.75) is 87.7 Å². The van der Waals surface area contributed by atoms with Crippen molar-refractivity contribution in [2.24, 2.45) is 5.41 Å². The van der Waals surface area contributed by atoms with Crippen LogP contribution in [0.2, 0.25) is 47.2 Å². The molecule has 5 unspecified atom stereocenters. The van der Waals surface area contributed by atoms with Gasteiger partial charge in [-0.25, -0.2) is 0 Å². The molecule has 0 aromatic carbocycles. The Kier molecular flexibility index (Phi) is 0.249. The van der Waals surface area contributed by atoms with Crippen LogP contribution in [-0.4, -0.2) is 0 Å². The number of hydrogen-bond donors (Lipinski definition) is 0. The first-order valence-corrected chi connectivity index (χ1v) is 14.7. The summed E-state index contributed by atoms with van der Waals surface area (Å²) >= 11 is 0. The molecule has 0 amide bonds. The van der Waals surface area contributed by atoms with Gasteiger partial charge in [0, 0.05) is 0 Å². The summed E-state index contributed by atoms with van der Waals surface area (Å²) in [5, 5.41) is 0. The van der Waals surface area contributed by atoms with Crippen LogP contribution in [0.25, 0.3) is 0 Å². The molecule has 0 saturated carbocycles. The summed E-state index contributed by atoms with van der Waals surface area (Å²) in [5.74, 6) is 0. The normalized spacial score (nSPS) is 118. The Morgan fingerprint density at radius 1 is 0.889 bits per heavy atom. The number of hydrogen-bond acceptors (Lipinski definition) is 0. The standard InChI is InChI=1S/C12H19.C5H5.Fe/c1-5-7-10-8-6-9-11(10)12(2,3)4;1-2-4-5-3-1;/h6,8-9H,5,7H2,1-4H3;1-5H;. The molecule has 10 fully saturated rings. The van der Waals surface area contributed by atoms with Crippen LogP contribution in [0.15, 0.2) is 0 Å². The Labute approximate surface area is 99.6 Å².